The summed E-state index contributed by atoms with van der Waals surface area (Å²) >= 11 is 1.54. The molecule has 1 atom stereocenters. The lowest BCUT2D eigenvalue weighted by atomic mass is 9.70. The fraction of sp³-hybridized carbons (Fsp3) is 0.440. The molecule has 1 aliphatic heterocycles. The van der Waals surface area contributed by atoms with Crippen molar-refractivity contribution in [2.45, 2.75) is 56.1 Å². The minimum Gasteiger partial charge on any atom is -0.508 e. The summed E-state index contributed by atoms with van der Waals surface area (Å²) in [5, 5.41) is 11.2. The zero-order valence-corrected chi connectivity index (χ0v) is 18.8. The third-order valence-corrected chi connectivity index (χ3v) is 7.72. The SMILES string of the molecule is CN(C)C1=NC(=O)C(Cc2cccc(-c3ccc(O)c(C4(C)CCCCC4)c3)c2)S1. The summed E-state index contributed by atoms with van der Waals surface area (Å²) in [5.74, 6) is 0.354. The van der Waals surface area contributed by atoms with Crippen LogP contribution in [-0.4, -0.2) is 40.4 Å². The van der Waals surface area contributed by atoms with Crippen molar-refractivity contribution in [2.75, 3.05) is 14.1 Å². The van der Waals surface area contributed by atoms with Crippen molar-refractivity contribution in [1.29, 1.82) is 0 Å². The summed E-state index contributed by atoms with van der Waals surface area (Å²) in [6.45, 7) is 2.28. The number of thioether (sulfide) groups is 1. The Morgan fingerprint density at radius 2 is 1.83 bits per heavy atom. The third kappa shape index (κ3) is 4.27. The van der Waals surface area contributed by atoms with Gasteiger partial charge in [-0.05, 0) is 53.5 Å². The van der Waals surface area contributed by atoms with E-state index in [0.717, 1.165) is 40.3 Å². The first-order valence-corrected chi connectivity index (χ1v) is 11.6. The topological polar surface area (TPSA) is 52.9 Å². The highest BCUT2D eigenvalue weighted by molar-refractivity contribution is 8.15. The minimum atomic E-state index is -0.158. The van der Waals surface area contributed by atoms with Crippen molar-refractivity contribution >= 4 is 22.8 Å². The van der Waals surface area contributed by atoms with E-state index in [1.807, 2.05) is 31.1 Å². The molecule has 4 nitrogen and oxygen atoms in total. The summed E-state index contributed by atoms with van der Waals surface area (Å²) in [6, 6.07) is 14.4. The molecule has 5 heteroatoms. The maximum atomic E-state index is 12.3. The van der Waals surface area contributed by atoms with Gasteiger partial charge in [0.25, 0.3) is 5.91 Å². The van der Waals surface area contributed by atoms with Crippen LogP contribution in [0.5, 0.6) is 5.75 Å². The second-order valence-corrected chi connectivity index (χ2v) is 10.2. The van der Waals surface area contributed by atoms with Crippen LogP contribution in [0.1, 0.15) is 50.2 Å². The summed E-state index contributed by atoms with van der Waals surface area (Å²) in [5.41, 5.74) is 4.48. The molecule has 1 amide bonds. The number of amidine groups is 1. The second-order valence-electron chi connectivity index (χ2n) is 8.99. The maximum Gasteiger partial charge on any atom is 0.262 e. The average Bonchev–Trinajstić information content (AvgIpc) is 3.10. The quantitative estimate of drug-likeness (QED) is 0.718. The number of phenols is 1. The lowest BCUT2D eigenvalue weighted by molar-refractivity contribution is -0.117. The zero-order valence-electron chi connectivity index (χ0n) is 18.0. The standard InChI is InChI=1S/C25H30N2O2S/c1-25(12-5-4-6-13-25)20-16-19(10-11-21(20)28)18-9-7-8-17(14-18)15-22-23(29)26-24(30-22)27(2)3/h7-11,14,16,22,28H,4-6,12-13,15H2,1-3H3. The number of hydrogen-bond acceptors (Lipinski definition) is 4. The number of aliphatic imine (C=N–C) groups is 1. The molecule has 1 heterocycles. The molecule has 2 aliphatic rings. The smallest absolute Gasteiger partial charge is 0.262 e. The van der Waals surface area contributed by atoms with Crippen LogP contribution in [0.3, 0.4) is 0 Å². The highest BCUT2D eigenvalue weighted by Crippen LogP contribution is 2.44. The largest absolute Gasteiger partial charge is 0.508 e. The number of phenolic OH excluding ortho intramolecular Hbond substituents is 1. The van der Waals surface area contributed by atoms with Gasteiger partial charge in [-0.25, -0.2) is 0 Å². The second kappa shape index (κ2) is 8.46. The van der Waals surface area contributed by atoms with E-state index in [1.54, 1.807) is 0 Å². The van der Waals surface area contributed by atoms with Crippen molar-refractivity contribution in [2.24, 2.45) is 4.99 Å². The molecule has 0 bridgehead atoms. The number of nitrogens with zero attached hydrogens (tertiary/aromatic N) is 2. The number of amides is 1. The summed E-state index contributed by atoms with van der Waals surface area (Å²) in [4.78, 5) is 18.3. The summed E-state index contributed by atoms with van der Waals surface area (Å²) in [7, 11) is 3.83. The molecule has 0 radical (unpaired) electrons. The van der Waals surface area contributed by atoms with E-state index < -0.39 is 0 Å². The number of rotatable bonds is 4. The molecule has 30 heavy (non-hydrogen) atoms. The van der Waals surface area contributed by atoms with Crippen molar-refractivity contribution < 1.29 is 9.90 Å². The first kappa shape index (κ1) is 21.0. The van der Waals surface area contributed by atoms with Crippen LogP contribution in [-0.2, 0) is 16.6 Å². The summed E-state index contributed by atoms with van der Waals surface area (Å²) < 4.78 is 0. The highest BCUT2D eigenvalue weighted by atomic mass is 32.2. The Morgan fingerprint density at radius 3 is 2.53 bits per heavy atom. The van der Waals surface area contributed by atoms with Gasteiger partial charge in [0.1, 0.15) is 5.75 Å². The van der Waals surface area contributed by atoms with Gasteiger partial charge in [0.05, 0.1) is 5.25 Å². The molecular formula is C25H30N2O2S. The molecule has 158 valence electrons. The fourth-order valence-electron chi connectivity index (χ4n) is 4.60. The van der Waals surface area contributed by atoms with Crippen molar-refractivity contribution in [1.82, 2.24) is 4.90 Å². The molecule has 0 saturated heterocycles. The van der Waals surface area contributed by atoms with Crippen molar-refractivity contribution in [3.05, 3.63) is 53.6 Å². The molecule has 1 aliphatic carbocycles. The van der Waals surface area contributed by atoms with Gasteiger partial charge in [-0.3, -0.25) is 4.79 Å². The van der Waals surface area contributed by atoms with E-state index in [1.165, 1.54) is 31.0 Å². The number of carbonyl (C=O) groups excluding carboxylic acids is 1. The van der Waals surface area contributed by atoms with Gasteiger partial charge in [-0.15, -0.1) is 0 Å². The van der Waals surface area contributed by atoms with Crippen LogP contribution in [0.25, 0.3) is 11.1 Å². The molecule has 2 aromatic carbocycles. The Hall–Kier alpha value is -2.27. The van der Waals surface area contributed by atoms with E-state index in [2.05, 4.69) is 42.2 Å². The van der Waals surface area contributed by atoms with Crippen molar-refractivity contribution in [3.63, 3.8) is 0 Å². The Morgan fingerprint density at radius 1 is 1.10 bits per heavy atom. The van der Waals surface area contributed by atoms with E-state index in [0.29, 0.717) is 12.2 Å². The highest BCUT2D eigenvalue weighted by Gasteiger charge is 2.32. The fourth-order valence-corrected chi connectivity index (χ4v) is 5.63. The average molecular weight is 423 g/mol. The Balaban J connectivity index is 1.57. The Bertz CT molecular complexity index is 977. The lowest BCUT2D eigenvalue weighted by Crippen LogP contribution is -2.25. The maximum absolute atomic E-state index is 12.3. The molecule has 1 saturated carbocycles. The molecule has 0 aromatic heterocycles. The first-order valence-electron chi connectivity index (χ1n) is 10.7. The Labute approximate surface area is 183 Å². The molecule has 4 rings (SSSR count). The predicted octanol–water partition coefficient (Wildman–Crippen LogP) is 5.38. The third-order valence-electron chi connectivity index (χ3n) is 6.40. The first-order chi connectivity index (χ1) is 14.4. The van der Waals surface area contributed by atoms with Crippen LogP contribution in [0.15, 0.2) is 47.5 Å². The van der Waals surface area contributed by atoms with Gasteiger partial charge < -0.3 is 10.0 Å². The van der Waals surface area contributed by atoms with E-state index in [4.69, 9.17) is 0 Å². The number of hydrogen-bond donors (Lipinski definition) is 1. The van der Waals surface area contributed by atoms with Crippen LogP contribution in [0, 0.1) is 0 Å². The van der Waals surface area contributed by atoms with Crippen LogP contribution in [0.4, 0.5) is 0 Å². The molecule has 1 N–H and O–H groups in total. The normalized spacial score (nSPS) is 20.8. The summed E-state index contributed by atoms with van der Waals surface area (Å²) in [6.07, 6.45) is 6.65. The minimum absolute atomic E-state index is 0.0444. The molecule has 2 aromatic rings. The van der Waals surface area contributed by atoms with Gasteiger partial charge >= 0.3 is 0 Å². The molecule has 1 fully saturated rings. The van der Waals surface area contributed by atoms with Gasteiger partial charge in [0.15, 0.2) is 5.17 Å². The number of carbonyl (C=O) groups is 1. The van der Waals surface area contributed by atoms with Gasteiger partial charge in [-0.1, -0.05) is 68.3 Å². The number of benzene rings is 2. The molecule has 1 unspecified atom stereocenters. The van der Waals surface area contributed by atoms with Gasteiger partial charge in [0.2, 0.25) is 0 Å². The molecule has 0 spiro atoms. The lowest BCUT2D eigenvalue weighted by Gasteiger charge is -2.35. The van der Waals surface area contributed by atoms with Crippen LogP contribution in [0.2, 0.25) is 0 Å². The van der Waals surface area contributed by atoms with Crippen LogP contribution < -0.4 is 0 Å². The molecular weight excluding hydrogens is 392 g/mol. The van der Waals surface area contributed by atoms with Gasteiger partial charge in [0, 0.05) is 19.7 Å². The van der Waals surface area contributed by atoms with Crippen molar-refractivity contribution in [3.8, 4) is 16.9 Å². The number of aromatic hydroxyl groups is 1. The van der Waals surface area contributed by atoms with E-state index >= 15 is 0 Å². The van der Waals surface area contributed by atoms with E-state index in [9.17, 15) is 9.90 Å². The Kier molecular flexibility index (Phi) is 5.92. The predicted molar refractivity (Wildman–Crippen MR) is 125 cm³/mol. The zero-order chi connectivity index (χ0) is 21.3. The van der Waals surface area contributed by atoms with Gasteiger partial charge in [-0.2, -0.15) is 4.99 Å². The monoisotopic (exact) mass is 422 g/mol. The van der Waals surface area contributed by atoms with Crippen LogP contribution >= 0.6 is 11.8 Å². The van der Waals surface area contributed by atoms with E-state index in [-0.39, 0.29) is 16.6 Å².